The summed E-state index contributed by atoms with van der Waals surface area (Å²) in [5, 5.41) is 11.3. The smallest absolute Gasteiger partial charge is 0.364 e. The highest BCUT2D eigenvalue weighted by Gasteiger charge is 2.34. The highest BCUT2D eigenvalue weighted by atomic mass is 32.2. The Balaban J connectivity index is 2.45. The molecule has 0 saturated heterocycles. The van der Waals surface area contributed by atoms with Gasteiger partial charge in [0.25, 0.3) is 5.69 Å². The van der Waals surface area contributed by atoms with Crippen molar-refractivity contribution in [3.8, 4) is 0 Å². The van der Waals surface area contributed by atoms with Crippen LogP contribution in [-0.4, -0.2) is 73.8 Å². The lowest BCUT2D eigenvalue weighted by Crippen LogP contribution is -2.25. The summed E-state index contributed by atoms with van der Waals surface area (Å²) < 4.78 is 40.6. The first-order chi connectivity index (χ1) is 15.7. The number of thiocarbonyl (C=S) groups is 2. The number of carbonyl (C=O) groups is 1. The number of aromatic nitrogens is 1. The van der Waals surface area contributed by atoms with Crippen LogP contribution in [0.2, 0.25) is 0 Å². The summed E-state index contributed by atoms with van der Waals surface area (Å²) in [5.41, 5.74) is -2.11. The number of halogens is 3. The number of nitrogens with zero attached hydrogens (tertiary/aromatic N) is 4. The van der Waals surface area contributed by atoms with Crippen LogP contribution in [0.1, 0.15) is 15.9 Å². The Labute approximate surface area is 213 Å². The summed E-state index contributed by atoms with van der Waals surface area (Å²) in [6.45, 7) is 0. The topological polar surface area (TPSA) is 79.6 Å². The fourth-order valence-corrected chi connectivity index (χ4v) is 5.00. The van der Waals surface area contributed by atoms with Gasteiger partial charge in [0, 0.05) is 63.4 Å². The minimum atomic E-state index is -4.77. The van der Waals surface area contributed by atoms with E-state index < -0.39 is 28.3 Å². The van der Waals surface area contributed by atoms with Crippen LogP contribution in [0.4, 0.5) is 18.9 Å². The Morgan fingerprint density at radius 2 is 1.62 bits per heavy atom. The zero-order valence-corrected chi connectivity index (χ0v) is 21.8. The van der Waals surface area contributed by atoms with Crippen molar-refractivity contribution in [2.75, 3.05) is 39.7 Å². The molecule has 1 heterocycles. The SMILES string of the molecule is CN(C)C(=S)SCC(CSC(=S)N(C)C)C(=O)c1cnc2cc(C(F)(F)F)cc([N+](=O)[O-])c2c1. The minimum Gasteiger partial charge on any atom is -0.364 e. The molecule has 34 heavy (non-hydrogen) atoms. The predicted octanol–water partition coefficient (Wildman–Crippen LogP) is 5.12. The summed E-state index contributed by atoms with van der Waals surface area (Å²) in [7, 11) is 7.13. The summed E-state index contributed by atoms with van der Waals surface area (Å²) in [6.07, 6.45) is -3.63. The van der Waals surface area contributed by atoms with Crippen molar-refractivity contribution in [1.29, 1.82) is 0 Å². The molecular formula is C20H21F3N4O3S4. The third kappa shape index (κ3) is 7.23. The van der Waals surface area contributed by atoms with Crippen LogP contribution in [0.5, 0.6) is 0 Å². The van der Waals surface area contributed by atoms with E-state index in [2.05, 4.69) is 4.98 Å². The average molecular weight is 551 g/mol. The zero-order chi connectivity index (χ0) is 25.8. The molecule has 1 aromatic heterocycles. The third-order valence-corrected chi connectivity index (χ3v) is 8.30. The number of thioether (sulfide) groups is 2. The number of ketones is 1. The summed E-state index contributed by atoms with van der Waals surface area (Å²) in [4.78, 5) is 31.3. The summed E-state index contributed by atoms with van der Waals surface area (Å²) in [5.74, 6) is -0.275. The Hall–Kier alpha value is -2.03. The van der Waals surface area contributed by atoms with Crippen LogP contribution < -0.4 is 0 Å². The second kappa shape index (κ2) is 11.6. The second-order valence-electron chi connectivity index (χ2n) is 7.54. The quantitative estimate of drug-likeness (QED) is 0.201. The molecule has 0 N–H and O–H groups in total. The van der Waals surface area contributed by atoms with E-state index in [0.29, 0.717) is 26.2 Å². The molecule has 0 amide bonds. The molecule has 0 aliphatic heterocycles. The Morgan fingerprint density at radius 1 is 1.09 bits per heavy atom. The molecule has 7 nitrogen and oxygen atoms in total. The van der Waals surface area contributed by atoms with Crippen molar-refractivity contribution < 1.29 is 22.9 Å². The zero-order valence-electron chi connectivity index (χ0n) is 18.6. The van der Waals surface area contributed by atoms with Crippen LogP contribution >= 0.6 is 48.0 Å². The maximum absolute atomic E-state index is 13.3. The minimum absolute atomic E-state index is 0.0631. The van der Waals surface area contributed by atoms with E-state index in [1.165, 1.54) is 29.6 Å². The molecule has 14 heteroatoms. The van der Waals surface area contributed by atoms with E-state index in [0.717, 1.165) is 12.3 Å². The number of alkyl halides is 3. The molecule has 2 aromatic rings. The number of non-ortho nitro benzene ring substituents is 1. The molecule has 0 spiro atoms. The lowest BCUT2D eigenvalue weighted by atomic mass is 9.99. The highest BCUT2D eigenvalue weighted by molar-refractivity contribution is 8.23. The third-order valence-electron chi connectivity index (χ3n) is 4.50. The predicted molar refractivity (Wildman–Crippen MR) is 139 cm³/mol. The average Bonchev–Trinajstić information content (AvgIpc) is 2.76. The van der Waals surface area contributed by atoms with Gasteiger partial charge in [-0.25, -0.2) is 0 Å². The van der Waals surface area contributed by atoms with Gasteiger partial charge in [-0.15, -0.1) is 0 Å². The Kier molecular flexibility index (Phi) is 9.62. The Morgan fingerprint density at radius 3 is 2.06 bits per heavy atom. The van der Waals surface area contributed by atoms with E-state index in [1.807, 2.05) is 0 Å². The maximum atomic E-state index is 13.3. The van der Waals surface area contributed by atoms with Crippen molar-refractivity contribution in [2.24, 2.45) is 5.92 Å². The number of fused-ring (bicyclic) bond motifs is 1. The normalized spacial score (nSPS) is 11.5. The maximum Gasteiger partial charge on any atom is 0.416 e. The number of rotatable bonds is 7. The first kappa shape index (κ1) is 28.2. The molecule has 0 saturated carbocycles. The molecule has 1 aromatic carbocycles. The number of Topliss-reactive ketones (excluding diaryl/α,β-unsaturated/α-hetero) is 1. The molecule has 184 valence electrons. The lowest BCUT2D eigenvalue weighted by Gasteiger charge is -2.20. The van der Waals surface area contributed by atoms with Crippen molar-refractivity contribution in [2.45, 2.75) is 6.18 Å². The van der Waals surface area contributed by atoms with Crippen LogP contribution in [0.15, 0.2) is 24.4 Å². The second-order valence-corrected chi connectivity index (χ2v) is 10.9. The van der Waals surface area contributed by atoms with Crippen LogP contribution in [0, 0.1) is 16.0 Å². The van der Waals surface area contributed by atoms with Crippen molar-refractivity contribution >= 4 is 79.0 Å². The van der Waals surface area contributed by atoms with Gasteiger partial charge in [0.1, 0.15) is 8.64 Å². The van der Waals surface area contributed by atoms with E-state index in [1.54, 1.807) is 38.0 Å². The number of carbonyl (C=O) groups excluding carboxylic acids is 1. The van der Waals surface area contributed by atoms with Crippen LogP contribution in [-0.2, 0) is 6.18 Å². The number of pyridine rings is 1. The van der Waals surface area contributed by atoms with Crippen molar-refractivity contribution in [3.05, 3.63) is 45.6 Å². The Bertz CT molecular complexity index is 1100. The molecule has 0 aliphatic carbocycles. The van der Waals surface area contributed by atoms with E-state index in [9.17, 15) is 28.1 Å². The van der Waals surface area contributed by atoms with Crippen molar-refractivity contribution in [3.63, 3.8) is 0 Å². The molecule has 0 bridgehead atoms. The molecule has 2 rings (SSSR count). The highest BCUT2D eigenvalue weighted by Crippen LogP contribution is 2.36. The number of nitro groups is 1. The van der Waals surface area contributed by atoms with Crippen LogP contribution in [0.25, 0.3) is 10.9 Å². The van der Waals surface area contributed by atoms with Crippen molar-refractivity contribution in [1.82, 2.24) is 14.8 Å². The monoisotopic (exact) mass is 550 g/mol. The molecule has 0 radical (unpaired) electrons. The van der Waals surface area contributed by atoms with Gasteiger partial charge in [-0.2, -0.15) is 13.2 Å². The largest absolute Gasteiger partial charge is 0.416 e. The molecule has 0 aliphatic rings. The van der Waals surface area contributed by atoms with Gasteiger partial charge in [-0.05, 0) is 12.1 Å². The first-order valence-corrected chi connectivity index (χ1v) is 12.4. The summed E-state index contributed by atoms with van der Waals surface area (Å²) >= 11 is 13.2. The number of nitro benzene ring substituents is 1. The molecule has 0 unspecified atom stereocenters. The van der Waals surface area contributed by atoms with Crippen LogP contribution in [0.3, 0.4) is 0 Å². The molecule has 0 fully saturated rings. The van der Waals surface area contributed by atoms with Gasteiger partial charge in [0.2, 0.25) is 0 Å². The van der Waals surface area contributed by atoms with Gasteiger partial charge < -0.3 is 9.80 Å². The van der Waals surface area contributed by atoms with Gasteiger partial charge in [-0.3, -0.25) is 19.9 Å². The number of hydrogen-bond acceptors (Lipinski definition) is 8. The fourth-order valence-electron chi connectivity index (χ4n) is 2.70. The number of hydrogen-bond donors (Lipinski definition) is 0. The number of benzene rings is 1. The lowest BCUT2D eigenvalue weighted by molar-refractivity contribution is -0.383. The van der Waals surface area contributed by atoms with E-state index >= 15 is 0 Å². The standard InChI is InChI=1S/C20H21F3N4O3S4/c1-25(2)18(31)33-9-12(10-34-19(32)26(3)4)17(28)11-5-14-15(24-8-11)6-13(20(21,22)23)7-16(14)27(29)30/h5-8,12H,9-10H2,1-4H3. The van der Waals surface area contributed by atoms with Gasteiger partial charge in [0.05, 0.1) is 21.4 Å². The molecule has 0 atom stereocenters. The summed E-state index contributed by atoms with van der Waals surface area (Å²) in [6, 6.07) is 2.40. The van der Waals surface area contributed by atoms with E-state index in [-0.39, 0.29) is 22.2 Å². The molecular weight excluding hydrogens is 530 g/mol. The fraction of sp³-hybridized carbons (Fsp3) is 0.400. The van der Waals surface area contributed by atoms with Gasteiger partial charge in [0.15, 0.2) is 5.78 Å². The van der Waals surface area contributed by atoms with Gasteiger partial charge in [-0.1, -0.05) is 48.0 Å². The first-order valence-electron chi connectivity index (χ1n) is 9.60. The van der Waals surface area contributed by atoms with Gasteiger partial charge >= 0.3 is 6.18 Å². The van der Waals surface area contributed by atoms with E-state index in [4.69, 9.17) is 24.4 Å².